The highest BCUT2D eigenvalue weighted by Crippen LogP contribution is 2.24. The van der Waals surface area contributed by atoms with Gasteiger partial charge in [0.15, 0.2) is 0 Å². The zero-order valence-corrected chi connectivity index (χ0v) is 12.5. The van der Waals surface area contributed by atoms with Gasteiger partial charge in [-0.1, -0.05) is 34.5 Å². The summed E-state index contributed by atoms with van der Waals surface area (Å²) in [7, 11) is 0. The lowest BCUT2D eigenvalue weighted by Gasteiger charge is -2.10. The van der Waals surface area contributed by atoms with Crippen LogP contribution in [0.25, 0.3) is 0 Å². The van der Waals surface area contributed by atoms with Crippen LogP contribution < -0.4 is 5.32 Å². The molecule has 0 fully saturated rings. The molecule has 2 rings (SSSR count). The van der Waals surface area contributed by atoms with Crippen LogP contribution in [0.3, 0.4) is 0 Å². The highest BCUT2D eigenvalue weighted by Gasteiger charge is 2.04. The van der Waals surface area contributed by atoms with E-state index in [2.05, 4.69) is 31.2 Å². The summed E-state index contributed by atoms with van der Waals surface area (Å²) in [6, 6.07) is 7.76. The quantitative estimate of drug-likeness (QED) is 0.843. The van der Waals surface area contributed by atoms with Gasteiger partial charge in [0.25, 0.3) is 0 Å². The van der Waals surface area contributed by atoms with Crippen molar-refractivity contribution >= 4 is 39.0 Å². The summed E-state index contributed by atoms with van der Waals surface area (Å²) in [4.78, 5) is 8.53. The molecule has 2 aromatic rings. The SMILES string of the molecule is CCc1nc(Cl)cc(Nc2ccc(Br)cc2C)n1. The van der Waals surface area contributed by atoms with Gasteiger partial charge in [0.05, 0.1) is 0 Å². The van der Waals surface area contributed by atoms with Crippen molar-refractivity contribution in [2.75, 3.05) is 5.32 Å². The van der Waals surface area contributed by atoms with Crippen molar-refractivity contribution in [3.8, 4) is 0 Å². The van der Waals surface area contributed by atoms with Crippen molar-refractivity contribution in [3.63, 3.8) is 0 Å². The lowest BCUT2D eigenvalue weighted by atomic mass is 10.2. The van der Waals surface area contributed by atoms with Crippen molar-refractivity contribution < 1.29 is 0 Å². The first-order valence-corrected chi connectivity index (χ1v) is 6.82. The van der Waals surface area contributed by atoms with Gasteiger partial charge >= 0.3 is 0 Å². The van der Waals surface area contributed by atoms with Gasteiger partial charge in [0.1, 0.15) is 16.8 Å². The fourth-order valence-electron chi connectivity index (χ4n) is 1.59. The Morgan fingerprint density at radius 3 is 2.72 bits per heavy atom. The van der Waals surface area contributed by atoms with E-state index in [1.807, 2.05) is 32.0 Å². The second-order valence-electron chi connectivity index (χ2n) is 3.93. The summed E-state index contributed by atoms with van der Waals surface area (Å²) in [6.07, 6.45) is 0.758. The van der Waals surface area contributed by atoms with Gasteiger partial charge in [-0.3, -0.25) is 0 Å². The molecule has 5 heteroatoms. The standard InChI is InChI=1S/C13H13BrClN3/c1-3-12-17-11(15)7-13(18-12)16-10-5-4-9(14)6-8(10)2/h4-7H,3H2,1-2H3,(H,16,17,18). The van der Waals surface area contributed by atoms with E-state index in [0.717, 1.165) is 33.8 Å². The maximum Gasteiger partial charge on any atom is 0.135 e. The van der Waals surface area contributed by atoms with Gasteiger partial charge in [0.2, 0.25) is 0 Å². The van der Waals surface area contributed by atoms with Crippen LogP contribution in [0.2, 0.25) is 5.15 Å². The van der Waals surface area contributed by atoms with Gasteiger partial charge in [-0.05, 0) is 30.7 Å². The minimum Gasteiger partial charge on any atom is -0.340 e. The predicted molar refractivity (Wildman–Crippen MR) is 78.6 cm³/mol. The molecule has 0 amide bonds. The Morgan fingerprint density at radius 1 is 1.28 bits per heavy atom. The number of aromatic nitrogens is 2. The molecule has 0 spiro atoms. The summed E-state index contributed by atoms with van der Waals surface area (Å²) >= 11 is 9.40. The van der Waals surface area contributed by atoms with Gasteiger partial charge in [0, 0.05) is 22.6 Å². The van der Waals surface area contributed by atoms with E-state index < -0.39 is 0 Å². The van der Waals surface area contributed by atoms with Crippen LogP contribution in [-0.2, 0) is 6.42 Å². The molecule has 0 saturated heterocycles. The molecule has 0 bridgehead atoms. The second kappa shape index (κ2) is 5.67. The number of hydrogen-bond acceptors (Lipinski definition) is 3. The lowest BCUT2D eigenvalue weighted by molar-refractivity contribution is 0.943. The van der Waals surface area contributed by atoms with E-state index in [4.69, 9.17) is 11.6 Å². The molecule has 18 heavy (non-hydrogen) atoms. The monoisotopic (exact) mass is 325 g/mol. The Labute approximate surface area is 120 Å². The van der Waals surface area contributed by atoms with E-state index >= 15 is 0 Å². The van der Waals surface area contributed by atoms with Crippen LogP contribution in [0.1, 0.15) is 18.3 Å². The zero-order chi connectivity index (χ0) is 13.1. The molecular formula is C13H13BrClN3. The third-order valence-electron chi connectivity index (χ3n) is 2.51. The minimum absolute atomic E-state index is 0.458. The van der Waals surface area contributed by atoms with E-state index in [0.29, 0.717) is 5.15 Å². The van der Waals surface area contributed by atoms with Crippen LogP contribution in [-0.4, -0.2) is 9.97 Å². The lowest BCUT2D eigenvalue weighted by Crippen LogP contribution is -2.00. The van der Waals surface area contributed by atoms with Crippen LogP contribution >= 0.6 is 27.5 Å². The van der Waals surface area contributed by atoms with Gasteiger partial charge in [-0.2, -0.15) is 0 Å². The largest absolute Gasteiger partial charge is 0.340 e. The molecule has 0 atom stereocenters. The van der Waals surface area contributed by atoms with Crippen molar-refractivity contribution in [1.29, 1.82) is 0 Å². The first-order valence-electron chi connectivity index (χ1n) is 5.65. The number of halogens is 2. The molecule has 0 saturated carbocycles. The molecule has 94 valence electrons. The maximum atomic E-state index is 5.96. The summed E-state index contributed by atoms with van der Waals surface area (Å²) in [5.74, 6) is 1.46. The van der Waals surface area contributed by atoms with Crippen LogP contribution in [0.15, 0.2) is 28.7 Å². The first-order chi connectivity index (χ1) is 8.58. The molecule has 0 unspecified atom stereocenters. The molecule has 0 radical (unpaired) electrons. The number of benzene rings is 1. The molecule has 3 nitrogen and oxygen atoms in total. The second-order valence-corrected chi connectivity index (χ2v) is 5.23. The topological polar surface area (TPSA) is 37.8 Å². The molecule has 1 N–H and O–H groups in total. The van der Waals surface area contributed by atoms with Crippen molar-refractivity contribution in [3.05, 3.63) is 45.3 Å². The third-order valence-corrected chi connectivity index (χ3v) is 3.20. The normalized spacial score (nSPS) is 10.4. The highest BCUT2D eigenvalue weighted by molar-refractivity contribution is 9.10. The predicted octanol–water partition coefficient (Wildman–Crippen LogP) is 4.51. The molecule has 1 heterocycles. The Bertz CT molecular complexity index is 572. The maximum absolute atomic E-state index is 5.96. The van der Waals surface area contributed by atoms with Gasteiger partial charge in [-0.25, -0.2) is 9.97 Å². The van der Waals surface area contributed by atoms with Crippen molar-refractivity contribution in [2.24, 2.45) is 0 Å². The van der Waals surface area contributed by atoms with Crippen LogP contribution in [0, 0.1) is 6.92 Å². The van der Waals surface area contributed by atoms with Crippen molar-refractivity contribution in [2.45, 2.75) is 20.3 Å². The van der Waals surface area contributed by atoms with Crippen LogP contribution in [0.4, 0.5) is 11.5 Å². The smallest absolute Gasteiger partial charge is 0.135 e. The number of nitrogens with zero attached hydrogens (tertiary/aromatic N) is 2. The Morgan fingerprint density at radius 2 is 2.06 bits per heavy atom. The summed E-state index contributed by atoms with van der Waals surface area (Å²) < 4.78 is 1.06. The number of rotatable bonds is 3. The number of nitrogens with one attached hydrogen (secondary N) is 1. The Kier molecular flexibility index (Phi) is 4.19. The molecule has 0 aliphatic heterocycles. The molecule has 0 aliphatic carbocycles. The summed E-state index contributed by atoms with van der Waals surface area (Å²) in [5.41, 5.74) is 2.15. The molecule has 0 aliphatic rings. The molecule has 1 aromatic carbocycles. The van der Waals surface area contributed by atoms with E-state index in [9.17, 15) is 0 Å². The van der Waals surface area contributed by atoms with E-state index in [-0.39, 0.29) is 0 Å². The number of anilines is 2. The number of aryl methyl sites for hydroxylation is 2. The fraction of sp³-hybridized carbons (Fsp3) is 0.231. The van der Waals surface area contributed by atoms with E-state index in [1.165, 1.54) is 0 Å². The van der Waals surface area contributed by atoms with Crippen LogP contribution in [0.5, 0.6) is 0 Å². The van der Waals surface area contributed by atoms with Gasteiger partial charge < -0.3 is 5.32 Å². The Hall–Kier alpha value is -1.13. The summed E-state index contributed by atoms with van der Waals surface area (Å²) in [6.45, 7) is 4.04. The fourth-order valence-corrected chi connectivity index (χ4v) is 2.27. The number of hydrogen-bond donors (Lipinski definition) is 1. The molecule has 1 aromatic heterocycles. The highest BCUT2D eigenvalue weighted by atomic mass is 79.9. The molecular weight excluding hydrogens is 314 g/mol. The first kappa shape index (κ1) is 13.3. The average Bonchev–Trinajstić information content (AvgIpc) is 2.32. The summed E-state index contributed by atoms with van der Waals surface area (Å²) in [5, 5.41) is 3.72. The zero-order valence-electron chi connectivity index (χ0n) is 10.2. The third kappa shape index (κ3) is 3.21. The minimum atomic E-state index is 0.458. The van der Waals surface area contributed by atoms with Gasteiger partial charge in [-0.15, -0.1) is 0 Å². The Balaban J connectivity index is 2.30. The average molecular weight is 327 g/mol. The van der Waals surface area contributed by atoms with E-state index in [1.54, 1.807) is 6.07 Å². The van der Waals surface area contributed by atoms with Crippen molar-refractivity contribution in [1.82, 2.24) is 9.97 Å².